The molecule has 1 aliphatic rings. The van der Waals surface area contributed by atoms with Crippen LogP contribution in [-0.4, -0.2) is 52.5 Å². The monoisotopic (exact) mass is 320 g/mol. The highest BCUT2D eigenvalue weighted by Gasteiger charge is 2.22. The average Bonchev–Trinajstić information content (AvgIpc) is 2.87. The molecule has 2 aromatic heterocycles. The standard InChI is InChI=1S/C15H17FN4O3/c1-10-4-2-5-11-18-12(13(16)20(10)11)14(21)17-6-8-19-7-3-9-23-15(19)22/h2,4-5H,3,6-9H2,1H3,(H,17,21). The maximum absolute atomic E-state index is 14.3. The zero-order chi connectivity index (χ0) is 16.4. The third-order valence-electron chi connectivity index (χ3n) is 3.72. The summed E-state index contributed by atoms with van der Waals surface area (Å²) in [5.74, 6) is -1.29. The summed E-state index contributed by atoms with van der Waals surface area (Å²) in [4.78, 5) is 29.1. The molecule has 0 atom stereocenters. The van der Waals surface area contributed by atoms with Crippen LogP contribution < -0.4 is 5.32 Å². The number of aromatic nitrogens is 2. The molecule has 8 heteroatoms. The molecule has 0 aromatic carbocycles. The smallest absolute Gasteiger partial charge is 0.409 e. The Kier molecular flexibility index (Phi) is 4.14. The molecule has 0 radical (unpaired) electrons. The number of aryl methyl sites for hydroxylation is 1. The number of pyridine rings is 1. The van der Waals surface area contributed by atoms with Crippen molar-refractivity contribution < 1.29 is 18.7 Å². The van der Waals surface area contributed by atoms with E-state index in [-0.39, 0.29) is 18.3 Å². The fraction of sp³-hybridized carbons (Fsp3) is 0.400. The summed E-state index contributed by atoms with van der Waals surface area (Å²) < 4.78 is 20.5. The van der Waals surface area contributed by atoms with Crippen molar-refractivity contribution in [2.24, 2.45) is 0 Å². The Morgan fingerprint density at radius 3 is 3.04 bits per heavy atom. The predicted octanol–water partition coefficient (Wildman–Crippen LogP) is 1.35. The van der Waals surface area contributed by atoms with Crippen LogP contribution in [0.1, 0.15) is 22.6 Å². The summed E-state index contributed by atoms with van der Waals surface area (Å²) in [6.45, 7) is 3.28. The Labute approximate surface area is 132 Å². The minimum absolute atomic E-state index is 0.209. The maximum atomic E-state index is 14.3. The summed E-state index contributed by atoms with van der Waals surface area (Å²) in [5.41, 5.74) is 0.787. The summed E-state index contributed by atoms with van der Waals surface area (Å²) >= 11 is 0. The molecule has 23 heavy (non-hydrogen) atoms. The molecule has 0 spiro atoms. The number of hydrogen-bond donors (Lipinski definition) is 1. The first-order valence-corrected chi connectivity index (χ1v) is 7.41. The van der Waals surface area contributed by atoms with Gasteiger partial charge in [-0.2, -0.15) is 4.39 Å². The van der Waals surface area contributed by atoms with Crippen molar-refractivity contribution in [3.8, 4) is 0 Å². The molecule has 0 aliphatic carbocycles. The van der Waals surface area contributed by atoms with Gasteiger partial charge in [0.2, 0.25) is 5.95 Å². The molecular weight excluding hydrogens is 303 g/mol. The molecule has 1 N–H and O–H groups in total. The van der Waals surface area contributed by atoms with E-state index >= 15 is 0 Å². The fourth-order valence-corrected chi connectivity index (χ4v) is 2.55. The maximum Gasteiger partial charge on any atom is 0.409 e. The minimum Gasteiger partial charge on any atom is -0.449 e. The van der Waals surface area contributed by atoms with E-state index < -0.39 is 11.9 Å². The van der Waals surface area contributed by atoms with Crippen molar-refractivity contribution >= 4 is 17.6 Å². The van der Waals surface area contributed by atoms with Gasteiger partial charge in [-0.15, -0.1) is 0 Å². The van der Waals surface area contributed by atoms with Crippen molar-refractivity contribution in [1.29, 1.82) is 0 Å². The normalized spacial score (nSPS) is 14.9. The van der Waals surface area contributed by atoms with Crippen molar-refractivity contribution in [3.63, 3.8) is 0 Å². The first-order valence-electron chi connectivity index (χ1n) is 7.41. The number of amides is 2. The van der Waals surface area contributed by atoms with E-state index in [0.717, 1.165) is 6.42 Å². The molecule has 2 amide bonds. The van der Waals surface area contributed by atoms with Gasteiger partial charge in [0.15, 0.2) is 5.69 Å². The first-order chi connectivity index (χ1) is 11.1. The largest absolute Gasteiger partial charge is 0.449 e. The lowest BCUT2D eigenvalue weighted by molar-refractivity contribution is 0.0718. The van der Waals surface area contributed by atoms with Crippen LogP contribution in [0.4, 0.5) is 9.18 Å². The number of halogens is 1. The second-order valence-electron chi connectivity index (χ2n) is 5.32. The van der Waals surface area contributed by atoms with Gasteiger partial charge in [-0.3, -0.25) is 9.20 Å². The van der Waals surface area contributed by atoms with Gasteiger partial charge < -0.3 is 15.0 Å². The highest BCUT2D eigenvalue weighted by atomic mass is 19.1. The number of hydrogen-bond acceptors (Lipinski definition) is 4. The van der Waals surface area contributed by atoms with E-state index in [0.29, 0.717) is 31.0 Å². The molecule has 0 unspecified atom stereocenters. The van der Waals surface area contributed by atoms with E-state index in [4.69, 9.17) is 4.74 Å². The van der Waals surface area contributed by atoms with Gasteiger partial charge in [0, 0.05) is 25.3 Å². The minimum atomic E-state index is -0.687. The quantitative estimate of drug-likeness (QED) is 0.923. The Hall–Kier alpha value is -2.64. The first kappa shape index (κ1) is 15.3. The summed E-state index contributed by atoms with van der Waals surface area (Å²) in [7, 11) is 0. The van der Waals surface area contributed by atoms with Crippen molar-refractivity contribution in [1.82, 2.24) is 19.6 Å². The number of cyclic esters (lactones) is 1. The molecule has 3 heterocycles. The number of carbonyl (C=O) groups excluding carboxylic acids is 2. The summed E-state index contributed by atoms with van der Waals surface area (Å²) in [6.07, 6.45) is 0.375. The lowest BCUT2D eigenvalue weighted by Crippen LogP contribution is -2.42. The molecular formula is C15H17FN4O3. The zero-order valence-electron chi connectivity index (χ0n) is 12.7. The number of rotatable bonds is 4. The number of imidazole rings is 1. The van der Waals surface area contributed by atoms with Crippen LogP contribution in [0, 0.1) is 12.9 Å². The third kappa shape index (κ3) is 2.96. The van der Waals surface area contributed by atoms with Gasteiger partial charge in [0.05, 0.1) is 6.61 Å². The van der Waals surface area contributed by atoms with E-state index in [9.17, 15) is 14.0 Å². The van der Waals surface area contributed by atoms with Crippen LogP contribution >= 0.6 is 0 Å². The topological polar surface area (TPSA) is 75.9 Å². The molecule has 0 saturated carbocycles. The second-order valence-corrected chi connectivity index (χ2v) is 5.32. The van der Waals surface area contributed by atoms with Crippen LogP contribution in [-0.2, 0) is 4.74 Å². The van der Waals surface area contributed by atoms with Crippen LogP contribution in [0.2, 0.25) is 0 Å². The lowest BCUT2D eigenvalue weighted by atomic mass is 10.3. The van der Waals surface area contributed by atoms with Crippen LogP contribution in [0.25, 0.3) is 5.65 Å². The van der Waals surface area contributed by atoms with Crippen LogP contribution in [0.3, 0.4) is 0 Å². The number of ether oxygens (including phenoxy) is 1. The van der Waals surface area contributed by atoms with E-state index in [1.54, 1.807) is 25.1 Å². The summed E-state index contributed by atoms with van der Waals surface area (Å²) in [5, 5.41) is 2.58. The third-order valence-corrected chi connectivity index (χ3v) is 3.72. The van der Waals surface area contributed by atoms with Crippen molar-refractivity contribution in [2.75, 3.05) is 26.2 Å². The van der Waals surface area contributed by atoms with Gasteiger partial charge >= 0.3 is 6.09 Å². The van der Waals surface area contributed by atoms with Gasteiger partial charge in [0.25, 0.3) is 5.91 Å². The fourth-order valence-electron chi connectivity index (χ4n) is 2.55. The van der Waals surface area contributed by atoms with Gasteiger partial charge in [0.1, 0.15) is 5.65 Å². The van der Waals surface area contributed by atoms with Gasteiger partial charge in [-0.1, -0.05) is 6.07 Å². The summed E-state index contributed by atoms with van der Waals surface area (Å²) in [6, 6.07) is 5.12. The Morgan fingerprint density at radius 2 is 2.30 bits per heavy atom. The molecule has 1 fully saturated rings. The highest BCUT2D eigenvalue weighted by molar-refractivity contribution is 5.93. The SMILES string of the molecule is Cc1cccc2nc(C(=O)NCCN3CCCOC3=O)c(F)n12. The van der Waals surface area contributed by atoms with Crippen molar-refractivity contribution in [3.05, 3.63) is 35.5 Å². The number of fused-ring (bicyclic) bond motifs is 1. The van der Waals surface area contributed by atoms with E-state index in [2.05, 4.69) is 10.3 Å². The van der Waals surface area contributed by atoms with Gasteiger partial charge in [-0.05, 0) is 25.5 Å². The number of carbonyl (C=O) groups is 2. The molecule has 122 valence electrons. The molecule has 1 aliphatic heterocycles. The van der Waals surface area contributed by atoms with E-state index in [1.807, 2.05) is 0 Å². The molecule has 0 bridgehead atoms. The van der Waals surface area contributed by atoms with Crippen LogP contribution in [0.15, 0.2) is 18.2 Å². The van der Waals surface area contributed by atoms with Gasteiger partial charge in [-0.25, -0.2) is 9.78 Å². The molecule has 2 aromatic rings. The second kappa shape index (κ2) is 6.23. The van der Waals surface area contributed by atoms with Crippen LogP contribution in [0.5, 0.6) is 0 Å². The Bertz CT molecular complexity index is 759. The molecule has 1 saturated heterocycles. The predicted molar refractivity (Wildman–Crippen MR) is 79.8 cm³/mol. The zero-order valence-corrected chi connectivity index (χ0v) is 12.7. The highest BCUT2D eigenvalue weighted by Crippen LogP contribution is 2.13. The lowest BCUT2D eigenvalue weighted by Gasteiger charge is -2.26. The average molecular weight is 320 g/mol. The number of nitrogens with one attached hydrogen (secondary N) is 1. The molecule has 3 rings (SSSR count). The number of nitrogens with zero attached hydrogens (tertiary/aromatic N) is 3. The molecule has 7 nitrogen and oxygen atoms in total. The van der Waals surface area contributed by atoms with E-state index in [1.165, 1.54) is 9.30 Å². The van der Waals surface area contributed by atoms with Crippen molar-refractivity contribution in [2.45, 2.75) is 13.3 Å². The Morgan fingerprint density at radius 1 is 1.48 bits per heavy atom. The Balaban J connectivity index is 1.66.